The van der Waals surface area contributed by atoms with Gasteiger partial charge < -0.3 is 20.2 Å². The summed E-state index contributed by atoms with van der Waals surface area (Å²) >= 11 is 0. The molecule has 2 aromatic carbocycles. The van der Waals surface area contributed by atoms with Crippen molar-refractivity contribution in [3.63, 3.8) is 0 Å². The maximum atomic E-state index is 13.6. The number of hydrogen-bond acceptors (Lipinski definition) is 7. The van der Waals surface area contributed by atoms with Crippen molar-refractivity contribution >= 4 is 34.4 Å². The number of nitrogens with zero attached hydrogens (tertiary/aromatic N) is 7. The first kappa shape index (κ1) is 23.7. The van der Waals surface area contributed by atoms with Gasteiger partial charge in [0.25, 0.3) is 5.91 Å². The minimum atomic E-state index is -0.242. The number of fused-ring (bicyclic) bond motifs is 2. The quantitative estimate of drug-likeness (QED) is 0.361. The zero-order valence-corrected chi connectivity index (χ0v) is 21.5. The van der Waals surface area contributed by atoms with Gasteiger partial charge in [-0.05, 0) is 42.3 Å². The largest absolute Gasteiger partial charge is 0.392 e. The van der Waals surface area contributed by atoms with Crippen molar-refractivity contribution in [2.24, 2.45) is 7.05 Å². The normalized spacial score (nSPS) is 13.2. The number of hydrogen-bond donors (Lipinski definition) is 2. The van der Waals surface area contributed by atoms with E-state index in [1.807, 2.05) is 74.7 Å². The molecule has 0 bridgehead atoms. The van der Waals surface area contributed by atoms with Gasteiger partial charge >= 0.3 is 0 Å². The molecule has 5 aromatic rings. The summed E-state index contributed by atoms with van der Waals surface area (Å²) in [5, 5.41) is 23.0. The molecule has 4 heterocycles. The van der Waals surface area contributed by atoms with Crippen LogP contribution in [0.2, 0.25) is 0 Å². The van der Waals surface area contributed by atoms with Crippen molar-refractivity contribution in [1.82, 2.24) is 24.4 Å². The smallest absolute Gasteiger partial charge is 0.258 e. The van der Waals surface area contributed by atoms with Crippen LogP contribution >= 0.6 is 0 Å². The zero-order chi connectivity index (χ0) is 26.4. The van der Waals surface area contributed by atoms with Crippen molar-refractivity contribution in [3.05, 3.63) is 83.8 Å². The fourth-order valence-electron chi connectivity index (χ4n) is 4.98. The van der Waals surface area contributed by atoms with Crippen LogP contribution in [0.1, 0.15) is 21.5 Å². The van der Waals surface area contributed by atoms with Crippen LogP contribution in [0.4, 0.5) is 22.9 Å². The Morgan fingerprint density at radius 3 is 2.68 bits per heavy atom. The number of rotatable bonds is 6. The first-order valence-corrected chi connectivity index (χ1v) is 12.4. The number of imidazole rings is 1. The maximum Gasteiger partial charge on any atom is 0.258 e. The second-order valence-electron chi connectivity index (χ2n) is 9.54. The number of benzene rings is 2. The van der Waals surface area contributed by atoms with E-state index in [0.717, 1.165) is 28.9 Å². The van der Waals surface area contributed by atoms with Crippen molar-refractivity contribution in [1.29, 1.82) is 0 Å². The van der Waals surface area contributed by atoms with Crippen molar-refractivity contribution in [2.45, 2.75) is 13.0 Å². The lowest BCUT2D eigenvalue weighted by Gasteiger charge is -2.31. The summed E-state index contributed by atoms with van der Waals surface area (Å²) in [6.45, 7) is 0.286. The summed E-state index contributed by atoms with van der Waals surface area (Å²) in [6.07, 6.45) is 6.05. The van der Waals surface area contributed by atoms with Crippen LogP contribution in [0.5, 0.6) is 0 Å². The molecule has 0 radical (unpaired) electrons. The standard InChI is InChI=1S/C28H28N8O2/c1-33(2)19-7-8-20-18(15-19)9-13-35(28(20)38)25-6-4-5-21(22(25)17-37)23-16-24(27-29-11-14-36(27)31-23)30-26-10-12-34(3)32-26/h4-8,10-12,14-16,37H,9,13,17H2,1-3H3,(H,30,32). The third kappa shape index (κ3) is 4.04. The van der Waals surface area contributed by atoms with Crippen LogP contribution in [-0.2, 0) is 20.1 Å². The number of aromatic nitrogens is 5. The van der Waals surface area contributed by atoms with Gasteiger partial charge in [0.2, 0.25) is 0 Å². The Labute approximate surface area is 219 Å². The van der Waals surface area contributed by atoms with Gasteiger partial charge in [-0.1, -0.05) is 12.1 Å². The molecular formula is C28H28N8O2. The first-order chi connectivity index (χ1) is 18.4. The maximum absolute atomic E-state index is 13.6. The Hall–Kier alpha value is -4.70. The molecule has 0 aliphatic carbocycles. The third-order valence-corrected chi connectivity index (χ3v) is 6.90. The molecule has 2 N–H and O–H groups in total. The second-order valence-corrected chi connectivity index (χ2v) is 9.54. The van der Waals surface area contributed by atoms with Crippen molar-refractivity contribution < 1.29 is 9.90 Å². The molecule has 0 spiro atoms. The minimum absolute atomic E-state index is 0.0704. The monoisotopic (exact) mass is 508 g/mol. The van der Waals surface area contributed by atoms with E-state index in [1.165, 1.54) is 0 Å². The summed E-state index contributed by atoms with van der Waals surface area (Å²) < 4.78 is 3.41. The van der Waals surface area contributed by atoms with Gasteiger partial charge in [-0.2, -0.15) is 10.2 Å². The van der Waals surface area contributed by atoms with Gasteiger partial charge in [-0.15, -0.1) is 0 Å². The fraction of sp³-hybridized carbons (Fsp3) is 0.214. The Morgan fingerprint density at radius 2 is 1.92 bits per heavy atom. The summed E-state index contributed by atoms with van der Waals surface area (Å²) in [4.78, 5) is 21.8. The highest BCUT2D eigenvalue weighted by molar-refractivity contribution is 6.09. The predicted octanol–water partition coefficient (Wildman–Crippen LogP) is 3.63. The SMILES string of the molecule is CN(C)c1ccc2c(c1)CCN(c1cccc(-c3cc(Nc4ccn(C)n4)c4nccn4n3)c1CO)C2=O. The zero-order valence-electron chi connectivity index (χ0n) is 21.5. The molecule has 1 amide bonds. The number of carbonyl (C=O) groups excluding carboxylic acids is 1. The lowest BCUT2D eigenvalue weighted by atomic mass is 9.95. The molecule has 10 nitrogen and oxygen atoms in total. The van der Waals surface area contributed by atoms with E-state index >= 15 is 0 Å². The minimum Gasteiger partial charge on any atom is -0.392 e. The summed E-state index contributed by atoms with van der Waals surface area (Å²) in [5.74, 6) is 0.611. The molecule has 3 aromatic heterocycles. The molecule has 0 atom stereocenters. The number of aliphatic hydroxyl groups is 1. The van der Waals surface area contributed by atoms with Crippen LogP contribution < -0.4 is 15.1 Å². The number of anilines is 4. The fourth-order valence-corrected chi connectivity index (χ4v) is 4.98. The van der Waals surface area contributed by atoms with E-state index < -0.39 is 0 Å². The number of nitrogens with one attached hydrogen (secondary N) is 1. The van der Waals surface area contributed by atoms with E-state index in [9.17, 15) is 9.90 Å². The Bertz CT molecular complexity index is 1670. The molecule has 0 fully saturated rings. The lowest BCUT2D eigenvalue weighted by Crippen LogP contribution is -2.38. The molecule has 0 saturated heterocycles. The molecule has 1 aliphatic heterocycles. The number of aryl methyl sites for hydroxylation is 1. The number of aliphatic hydroxyl groups excluding tert-OH is 1. The van der Waals surface area contributed by atoms with E-state index in [-0.39, 0.29) is 12.5 Å². The number of carbonyl (C=O) groups is 1. The highest BCUT2D eigenvalue weighted by Gasteiger charge is 2.28. The van der Waals surface area contributed by atoms with Crippen LogP contribution in [0.3, 0.4) is 0 Å². The first-order valence-electron chi connectivity index (χ1n) is 12.4. The summed E-state index contributed by atoms with van der Waals surface area (Å²) in [7, 11) is 5.84. The van der Waals surface area contributed by atoms with E-state index in [0.29, 0.717) is 40.5 Å². The molecule has 1 aliphatic rings. The molecule has 10 heteroatoms. The van der Waals surface area contributed by atoms with Crippen molar-refractivity contribution in [2.75, 3.05) is 35.8 Å². The van der Waals surface area contributed by atoms with Gasteiger partial charge in [-0.25, -0.2) is 9.50 Å². The topological polar surface area (TPSA) is 104 Å². The predicted molar refractivity (Wildman–Crippen MR) is 147 cm³/mol. The Balaban J connectivity index is 1.41. The highest BCUT2D eigenvalue weighted by Crippen LogP contribution is 2.35. The van der Waals surface area contributed by atoms with Crippen LogP contribution in [0.25, 0.3) is 16.9 Å². The van der Waals surface area contributed by atoms with Gasteiger partial charge in [0.15, 0.2) is 11.5 Å². The van der Waals surface area contributed by atoms with E-state index in [1.54, 1.807) is 26.5 Å². The third-order valence-electron chi connectivity index (χ3n) is 6.90. The Kier molecular flexibility index (Phi) is 5.80. The van der Waals surface area contributed by atoms with Gasteiger partial charge in [0.05, 0.1) is 23.7 Å². The molecule has 6 rings (SSSR count). The molecule has 38 heavy (non-hydrogen) atoms. The lowest BCUT2D eigenvalue weighted by molar-refractivity contribution is 0.0980. The second kappa shape index (κ2) is 9.31. The van der Waals surface area contributed by atoms with Crippen molar-refractivity contribution in [3.8, 4) is 11.3 Å². The van der Waals surface area contributed by atoms with E-state index in [4.69, 9.17) is 5.10 Å². The van der Waals surface area contributed by atoms with Gasteiger partial charge in [-0.3, -0.25) is 9.48 Å². The Morgan fingerprint density at radius 1 is 1.05 bits per heavy atom. The van der Waals surface area contributed by atoms with Crippen LogP contribution in [0, 0.1) is 0 Å². The van der Waals surface area contributed by atoms with Crippen LogP contribution in [-0.4, -0.2) is 56.0 Å². The highest BCUT2D eigenvalue weighted by atomic mass is 16.3. The molecule has 0 saturated carbocycles. The van der Waals surface area contributed by atoms with Gasteiger partial charge in [0.1, 0.15) is 0 Å². The summed E-state index contributed by atoms with van der Waals surface area (Å²) in [5.41, 5.74) is 6.89. The molecule has 0 unspecified atom stereocenters. The van der Waals surface area contributed by atoms with Crippen LogP contribution in [0.15, 0.2) is 67.1 Å². The molecule has 192 valence electrons. The van der Waals surface area contributed by atoms with Gasteiger partial charge in [0, 0.05) is 74.7 Å². The summed E-state index contributed by atoms with van der Waals surface area (Å²) in [6, 6.07) is 15.4. The molecular weight excluding hydrogens is 480 g/mol. The number of amides is 1. The average Bonchev–Trinajstić information content (AvgIpc) is 3.57. The van der Waals surface area contributed by atoms with E-state index in [2.05, 4.69) is 21.5 Å². The average molecular weight is 509 g/mol.